The summed E-state index contributed by atoms with van der Waals surface area (Å²) >= 11 is 0. The molecular formula is C10H16F3NO3. The number of nitrogens with zero attached hydrogens (tertiary/aromatic N) is 1. The lowest BCUT2D eigenvalue weighted by molar-refractivity contribution is -0.212. The lowest BCUT2D eigenvalue weighted by Gasteiger charge is -2.36. The number of halogens is 3. The van der Waals surface area contributed by atoms with E-state index in [1.807, 2.05) is 0 Å². The molecule has 1 aliphatic rings. The van der Waals surface area contributed by atoms with Crippen LogP contribution in [0.4, 0.5) is 13.2 Å². The summed E-state index contributed by atoms with van der Waals surface area (Å²) in [7, 11) is 0. The minimum absolute atomic E-state index is 0.0274. The maximum atomic E-state index is 12.6. The highest BCUT2D eigenvalue weighted by Crippen LogP contribution is 2.27. The van der Waals surface area contributed by atoms with E-state index in [2.05, 4.69) is 4.74 Å². The van der Waals surface area contributed by atoms with E-state index in [4.69, 9.17) is 4.74 Å². The molecule has 1 rings (SSSR count). The second-order valence-corrected chi connectivity index (χ2v) is 3.72. The average molecular weight is 255 g/mol. The molecule has 0 aliphatic carbocycles. The van der Waals surface area contributed by atoms with Crippen molar-refractivity contribution in [2.24, 2.45) is 0 Å². The summed E-state index contributed by atoms with van der Waals surface area (Å²) in [5.74, 6) is -0.472. The lowest BCUT2D eigenvalue weighted by atomic mass is 10.2. The number of alkyl halides is 3. The molecule has 1 fully saturated rings. The van der Waals surface area contributed by atoms with Gasteiger partial charge in [-0.05, 0) is 6.92 Å². The zero-order valence-corrected chi connectivity index (χ0v) is 9.63. The molecule has 1 saturated heterocycles. The third-order valence-electron chi connectivity index (χ3n) is 2.53. The van der Waals surface area contributed by atoms with Crippen molar-refractivity contribution < 1.29 is 27.4 Å². The molecule has 7 heteroatoms. The van der Waals surface area contributed by atoms with Gasteiger partial charge in [0.1, 0.15) is 6.04 Å². The molecule has 0 aromatic heterocycles. The summed E-state index contributed by atoms with van der Waals surface area (Å²) in [6, 6.07) is -1.62. The van der Waals surface area contributed by atoms with E-state index in [0.29, 0.717) is 0 Å². The fraction of sp³-hybridized carbons (Fsp3) is 0.900. The molecule has 0 bridgehead atoms. The highest BCUT2D eigenvalue weighted by atomic mass is 19.4. The monoisotopic (exact) mass is 255 g/mol. The summed E-state index contributed by atoms with van der Waals surface area (Å²) in [5.41, 5.74) is 0. The van der Waals surface area contributed by atoms with Crippen LogP contribution in [0, 0.1) is 0 Å². The van der Waals surface area contributed by atoms with Gasteiger partial charge in [-0.25, -0.2) is 0 Å². The smallest absolute Gasteiger partial charge is 0.406 e. The SMILES string of the molecule is CCOC(=O)CCN1CCOCC1C(F)(F)F. The van der Waals surface area contributed by atoms with Gasteiger partial charge in [-0.3, -0.25) is 9.69 Å². The van der Waals surface area contributed by atoms with Gasteiger partial charge in [-0.2, -0.15) is 13.2 Å². The molecule has 0 amide bonds. The van der Waals surface area contributed by atoms with Crippen molar-refractivity contribution in [1.29, 1.82) is 0 Å². The van der Waals surface area contributed by atoms with E-state index >= 15 is 0 Å². The van der Waals surface area contributed by atoms with Crippen LogP contribution in [0.2, 0.25) is 0 Å². The normalized spacial score (nSPS) is 22.5. The van der Waals surface area contributed by atoms with Crippen molar-refractivity contribution in [3.8, 4) is 0 Å². The number of esters is 1. The molecule has 4 nitrogen and oxygen atoms in total. The second-order valence-electron chi connectivity index (χ2n) is 3.72. The van der Waals surface area contributed by atoms with Crippen LogP contribution in [0.25, 0.3) is 0 Å². The van der Waals surface area contributed by atoms with Crippen LogP contribution in [-0.2, 0) is 14.3 Å². The van der Waals surface area contributed by atoms with Crippen LogP contribution >= 0.6 is 0 Å². The van der Waals surface area contributed by atoms with Gasteiger partial charge in [-0.1, -0.05) is 0 Å². The van der Waals surface area contributed by atoms with Crippen LogP contribution in [-0.4, -0.2) is 56.0 Å². The van der Waals surface area contributed by atoms with Crippen LogP contribution in [0.5, 0.6) is 0 Å². The Kier molecular flexibility index (Phi) is 5.20. The quantitative estimate of drug-likeness (QED) is 0.708. The average Bonchev–Trinajstić information content (AvgIpc) is 2.26. The van der Waals surface area contributed by atoms with Crippen LogP contribution in [0.15, 0.2) is 0 Å². The maximum Gasteiger partial charge on any atom is 0.406 e. The van der Waals surface area contributed by atoms with E-state index in [0.717, 1.165) is 0 Å². The number of morpholine rings is 1. The van der Waals surface area contributed by atoms with Crippen molar-refractivity contribution in [3.05, 3.63) is 0 Å². The highest BCUT2D eigenvalue weighted by molar-refractivity contribution is 5.69. The van der Waals surface area contributed by atoms with Gasteiger partial charge in [0.05, 0.1) is 26.2 Å². The number of hydrogen-bond acceptors (Lipinski definition) is 4. The Hall–Kier alpha value is -0.820. The van der Waals surface area contributed by atoms with Gasteiger partial charge in [0.25, 0.3) is 0 Å². The lowest BCUT2D eigenvalue weighted by Crippen LogP contribution is -2.53. The van der Waals surface area contributed by atoms with E-state index in [-0.39, 0.29) is 39.3 Å². The Labute approximate surface area is 97.7 Å². The molecule has 17 heavy (non-hydrogen) atoms. The molecule has 0 aromatic rings. The Balaban J connectivity index is 2.46. The zero-order chi connectivity index (χ0) is 12.9. The molecule has 1 unspecified atom stereocenters. The molecule has 1 heterocycles. The maximum absolute atomic E-state index is 12.6. The molecule has 1 atom stereocenters. The van der Waals surface area contributed by atoms with Gasteiger partial charge >= 0.3 is 12.1 Å². The summed E-state index contributed by atoms with van der Waals surface area (Å²) in [5, 5.41) is 0. The Morgan fingerprint density at radius 3 is 2.82 bits per heavy atom. The molecule has 0 radical (unpaired) electrons. The third kappa shape index (κ3) is 4.51. The van der Waals surface area contributed by atoms with Crippen molar-refractivity contribution >= 4 is 5.97 Å². The molecule has 0 N–H and O–H groups in total. The first-order valence-corrected chi connectivity index (χ1v) is 5.49. The largest absolute Gasteiger partial charge is 0.466 e. The molecule has 1 aliphatic heterocycles. The van der Waals surface area contributed by atoms with Gasteiger partial charge in [0, 0.05) is 13.1 Å². The van der Waals surface area contributed by atoms with Crippen LogP contribution in [0.1, 0.15) is 13.3 Å². The second kappa shape index (κ2) is 6.20. The number of carbonyl (C=O) groups is 1. The van der Waals surface area contributed by atoms with Gasteiger partial charge in [0.15, 0.2) is 0 Å². The van der Waals surface area contributed by atoms with Crippen molar-refractivity contribution in [2.45, 2.75) is 25.6 Å². The number of rotatable bonds is 4. The van der Waals surface area contributed by atoms with Gasteiger partial charge in [0.2, 0.25) is 0 Å². The fourth-order valence-electron chi connectivity index (χ4n) is 1.68. The topological polar surface area (TPSA) is 38.8 Å². The standard InChI is InChI=1S/C10H16F3NO3/c1-2-17-9(15)3-4-14-5-6-16-7-8(14)10(11,12)13/h8H,2-7H2,1H3. The zero-order valence-electron chi connectivity index (χ0n) is 9.63. The van der Waals surface area contributed by atoms with E-state index < -0.39 is 18.2 Å². The number of carbonyl (C=O) groups excluding carboxylic acids is 1. The van der Waals surface area contributed by atoms with Gasteiger partial charge < -0.3 is 9.47 Å². The van der Waals surface area contributed by atoms with E-state index in [1.54, 1.807) is 6.92 Å². The first-order valence-electron chi connectivity index (χ1n) is 5.49. The van der Waals surface area contributed by atoms with Crippen molar-refractivity contribution in [1.82, 2.24) is 4.90 Å². The minimum Gasteiger partial charge on any atom is -0.466 e. The van der Waals surface area contributed by atoms with Crippen LogP contribution in [0.3, 0.4) is 0 Å². The summed E-state index contributed by atoms with van der Waals surface area (Å²) < 4.78 is 47.4. The minimum atomic E-state index is -4.32. The molecular weight excluding hydrogens is 239 g/mol. The van der Waals surface area contributed by atoms with Crippen molar-refractivity contribution in [3.63, 3.8) is 0 Å². The van der Waals surface area contributed by atoms with Crippen molar-refractivity contribution in [2.75, 3.05) is 32.9 Å². The molecule has 0 saturated carbocycles. The van der Waals surface area contributed by atoms with Gasteiger partial charge in [-0.15, -0.1) is 0 Å². The first kappa shape index (κ1) is 14.2. The highest BCUT2D eigenvalue weighted by Gasteiger charge is 2.45. The molecule has 0 spiro atoms. The summed E-state index contributed by atoms with van der Waals surface area (Å²) in [6.07, 6.45) is -4.35. The first-order chi connectivity index (χ1) is 7.95. The Morgan fingerprint density at radius 2 is 2.24 bits per heavy atom. The number of hydrogen-bond donors (Lipinski definition) is 0. The number of ether oxygens (including phenoxy) is 2. The predicted molar refractivity (Wildman–Crippen MR) is 53.5 cm³/mol. The third-order valence-corrected chi connectivity index (χ3v) is 2.53. The summed E-state index contributed by atoms with van der Waals surface area (Å²) in [4.78, 5) is 12.3. The predicted octanol–water partition coefficient (Wildman–Crippen LogP) is 1.20. The molecule has 100 valence electrons. The summed E-state index contributed by atoms with van der Waals surface area (Å²) in [6.45, 7) is 2.02. The Bertz CT molecular complexity index is 258. The van der Waals surface area contributed by atoms with E-state index in [1.165, 1.54) is 4.90 Å². The van der Waals surface area contributed by atoms with Crippen LogP contribution < -0.4 is 0 Å². The van der Waals surface area contributed by atoms with E-state index in [9.17, 15) is 18.0 Å². The Morgan fingerprint density at radius 1 is 1.53 bits per heavy atom. The molecule has 0 aromatic carbocycles. The fourth-order valence-corrected chi connectivity index (χ4v) is 1.68.